The number of imidazole rings is 2. The second kappa shape index (κ2) is 4.86. The highest BCUT2D eigenvalue weighted by Crippen LogP contribution is 2.13. The molecule has 0 aromatic carbocycles. The van der Waals surface area contributed by atoms with Crippen LogP contribution < -0.4 is 0 Å². The van der Waals surface area contributed by atoms with Gasteiger partial charge >= 0.3 is 0 Å². The third kappa shape index (κ3) is 2.38. The molecular weight excluding hydrogens is 318 g/mol. The van der Waals surface area contributed by atoms with Crippen LogP contribution in [-0.4, -0.2) is 23.9 Å². The zero-order valence-electron chi connectivity index (χ0n) is 11.5. The summed E-state index contributed by atoms with van der Waals surface area (Å²) in [6.07, 6.45) is 7.77. The number of aromatic nitrogens is 5. The van der Waals surface area contributed by atoms with Crippen molar-refractivity contribution in [3.05, 3.63) is 46.0 Å². The normalized spacial score (nSPS) is 11.8. The molecule has 0 radical (unpaired) electrons. The third-order valence-electron chi connectivity index (χ3n) is 3.07. The average molecular weight is 332 g/mol. The van der Waals surface area contributed by atoms with Crippen LogP contribution in [0.4, 0.5) is 0 Å². The first kappa shape index (κ1) is 13.1. The summed E-state index contributed by atoms with van der Waals surface area (Å²) in [4.78, 5) is 13.3. The number of hydrogen-bond donors (Lipinski definition) is 0. The van der Waals surface area contributed by atoms with E-state index in [0.717, 1.165) is 33.3 Å². The average Bonchev–Trinajstić information content (AvgIpc) is 2.90. The van der Waals surface area contributed by atoms with Gasteiger partial charge in [-0.3, -0.25) is 4.40 Å². The highest BCUT2D eigenvalue weighted by molar-refractivity contribution is 9.10. The lowest BCUT2D eigenvalue weighted by molar-refractivity contribution is 0.898. The zero-order chi connectivity index (χ0) is 14.3. The number of halogens is 1. The lowest BCUT2D eigenvalue weighted by Gasteiger charge is -1.98. The van der Waals surface area contributed by atoms with E-state index in [-0.39, 0.29) is 0 Å². The van der Waals surface area contributed by atoms with Crippen LogP contribution >= 0.6 is 15.9 Å². The van der Waals surface area contributed by atoms with Crippen molar-refractivity contribution in [3.63, 3.8) is 0 Å². The molecule has 0 N–H and O–H groups in total. The van der Waals surface area contributed by atoms with Gasteiger partial charge in [-0.25, -0.2) is 15.0 Å². The van der Waals surface area contributed by atoms with Crippen LogP contribution in [0.2, 0.25) is 0 Å². The highest BCUT2D eigenvalue weighted by atomic mass is 79.9. The van der Waals surface area contributed by atoms with Crippen molar-refractivity contribution in [2.75, 3.05) is 0 Å². The van der Waals surface area contributed by atoms with Crippen LogP contribution in [0, 0.1) is 13.8 Å². The summed E-state index contributed by atoms with van der Waals surface area (Å²) in [6, 6.07) is 2.04. The van der Waals surface area contributed by atoms with Crippen LogP contribution in [0.25, 0.3) is 17.9 Å². The fourth-order valence-electron chi connectivity index (χ4n) is 2.13. The van der Waals surface area contributed by atoms with Gasteiger partial charge < -0.3 is 4.57 Å². The second-order valence-electron chi connectivity index (χ2n) is 4.74. The summed E-state index contributed by atoms with van der Waals surface area (Å²) in [6.45, 7) is 4.02. The van der Waals surface area contributed by atoms with Crippen molar-refractivity contribution in [1.29, 1.82) is 0 Å². The van der Waals surface area contributed by atoms with Crippen molar-refractivity contribution in [1.82, 2.24) is 23.9 Å². The SMILES string of the molecule is Cc1cc(C)n2cc(C=Cc3nc(Br)cn3C)nc2n1. The van der Waals surface area contributed by atoms with Gasteiger partial charge in [0.1, 0.15) is 10.4 Å². The highest BCUT2D eigenvalue weighted by Gasteiger charge is 2.04. The van der Waals surface area contributed by atoms with Gasteiger partial charge in [-0.05, 0) is 48.0 Å². The Morgan fingerprint density at radius 1 is 1.10 bits per heavy atom. The van der Waals surface area contributed by atoms with Crippen molar-refractivity contribution < 1.29 is 0 Å². The van der Waals surface area contributed by atoms with E-state index in [1.165, 1.54) is 0 Å². The van der Waals surface area contributed by atoms with E-state index < -0.39 is 0 Å². The largest absolute Gasteiger partial charge is 0.333 e. The summed E-state index contributed by atoms with van der Waals surface area (Å²) in [5.74, 6) is 1.60. The van der Waals surface area contributed by atoms with Gasteiger partial charge in [-0.2, -0.15) is 0 Å². The Balaban J connectivity index is 1.99. The summed E-state index contributed by atoms with van der Waals surface area (Å²) in [5, 5.41) is 0. The molecule has 0 unspecified atom stereocenters. The lowest BCUT2D eigenvalue weighted by atomic mass is 10.3. The van der Waals surface area contributed by atoms with E-state index in [1.54, 1.807) is 0 Å². The molecule has 102 valence electrons. The van der Waals surface area contributed by atoms with Gasteiger partial charge in [0.2, 0.25) is 5.78 Å². The van der Waals surface area contributed by atoms with Crippen molar-refractivity contribution in [3.8, 4) is 0 Å². The van der Waals surface area contributed by atoms with Crippen molar-refractivity contribution in [2.24, 2.45) is 7.05 Å². The lowest BCUT2D eigenvalue weighted by Crippen LogP contribution is -1.94. The van der Waals surface area contributed by atoms with Gasteiger partial charge in [-0.15, -0.1) is 0 Å². The maximum absolute atomic E-state index is 4.50. The molecule has 3 heterocycles. The minimum absolute atomic E-state index is 0.725. The maximum Gasteiger partial charge on any atom is 0.234 e. The predicted octanol–water partition coefficient (Wildman–Crippen LogP) is 3.01. The Morgan fingerprint density at radius 3 is 2.60 bits per heavy atom. The molecule has 0 spiro atoms. The maximum atomic E-state index is 4.50. The molecular formula is C14H14BrN5. The van der Waals surface area contributed by atoms with Crippen molar-refractivity contribution in [2.45, 2.75) is 13.8 Å². The predicted molar refractivity (Wildman–Crippen MR) is 82.3 cm³/mol. The fourth-order valence-corrected chi connectivity index (χ4v) is 2.62. The van der Waals surface area contributed by atoms with E-state index in [0.29, 0.717) is 0 Å². The molecule has 0 saturated heterocycles. The monoisotopic (exact) mass is 331 g/mol. The minimum Gasteiger partial charge on any atom is -0.333 e. The summed E-state index contributed by atoms with van der Waals surface area (Å²) in [7, 11) is 1.95. The first-order chi connectivity index (χ1) is 9.52. The molecule has 3 aromatic heterocycles. The topological polar surface area (TPSA) is 48.0 Å². The Morgan fingerprint density at radius 2 is 1.90 bits per heavy atom. The number of aryl methyl sites for hydroxylation is 3. The van der Waals surface area contributed by atoms with E-state index in [1.807, 2.05) is 60.5 Å². The van der Waals surface area contributed by atoms with E-state index >= 15 is 0 Å². The smallest absolute Gasteiger partial charge is 0.234 e. The number of hydrogen-bond acceptors (Lipinski definition) is 3. The van der Waals surface area contributed by atoms with Gasteiger partial charge in [0.25, 0.3) is 0 Å². The third-order valence-corrected chi connectivity index (χ3v) is 3.45. The molecule has 0 bridgehead atoms. The zero-order valence-corrected chi connectivity index (χ0v) is 13.1. The molecule has 5 nitrogen and oxygen atoms in total. The Hall–Kier alpha value is -1.95. The molecule has 3 aromatic rings. The molecule has 0 fully saturated rings. The van der Waals surface area contributed by atoms with Crippen LogP contribution in [0.3, 0.4) is 0 Å². The molecule has 0 amide bonds. The van der Waals surface area contributed by atoms with E-state index in [4.69, 9.17) is 0 Å². The Labute approximate surface area is 125 Å². The fraction of sp³-hybridized carbons (Fsp3) is 0.214. The van der Waals surface area contributed by atoms with Crippen LogP contribution in [0.5, 0.6) is 0 Å². The number of rotatable bonds is 2. The van der Waals surface area contributed by atoms with E-state index in [9.17, 15) is 0 Å². The van der Waals surface area contributed by atoms with Gasteiger partial charge in [0.05, 0.1) is 5.69 Å². The molecule has 0 aliphatic heterocycles. The summed E-state index contributed by atoms with van der Waals surface area (Å²) < 4.78 is 4.76. The molecule has 0 saturated carbocycles. The quantitative estimate of drug-likeness (QED) is 0.725. The molecule has 3 rings (SSSR count). The Kier molecular flexibility index (Phi) is 3.17. The molecule has 0 aliphatic carbocycles. The minimum atomic E-state index is 0.725. The first-order valence-corrected chi connectivity index (χ1v) is 7.02. The first-order valence-electron chi connectivity index (χ1n) is 6.23. The summed E-state index contributed by atoms with van der Waals surface area (Å²) >= 11 is 3.36. The van der Waals surface area contributed by atoms with Gasteiger partial charge in [0, 0.05) is 30.8 Å². The second-order valence-corrected chi connectivity index (χ2v) is 5.55. The van der Waals surface area contributed by atoms with Crippen LogP contribution in [0.1, 0.15) is 22.9 Å². The molecule has 6 heteroatoms. The van der Waals surface area contributed by atoms with Gasteiger partial charge in [0.15, 0.2) is 0 Å². The van der Waals surface area contributed by atoms with Crippen LogP contribution in [0.15, 0.2) is 23.1 Å². The number of fused-ring (bicyclic) bond motifs is 1. The molecule has 0 atom stereocenters. The molecule has 0 aliphatic rings. The van der Waals surface area contributed by atoms with Crippen LogP contribution in [-0.2, 0) is 7.05 Å². The van der Waals surface area contributed by atoms with E-state index in [2.05, 4.69) is 30.9 Å². The molecule has 20 heavy (non-hydrogen) atoms. The summed E-state index contributed by atoms with van der Waals surface area (Å²) in [5.41, 5.74) is 2.97. The standard InChI is InChI=1S/C14H14BrN5/c1-9-6-10(2)20-7-11(17-14(20)16-9)4-5-13-18-12(15)8-19(13)3/h4-8H,1-3H3. The van der Waals surface area contributed by atoms with Crippen molar-refractivity contribution >= 4 is 33.9 Å². The van der Waals surface area contributed by atoms with Gasteiger partial charge in [-0.1, -0.05) is 0 Å². The number of nitrogens with zero attached hydrogens (tertiary/aromatic N) is 5. The Bertz CT molecular complexity index is 812.